The lowest BCUT2D eigenvalue weighted by molar-refractivity contribution is 0.0746. The van der Waals surface area contributed by atoms with E-state index in [-0.39, 0.29) is 5.91 Å². The minimum atomic E-state index is 0.0318. The largest absolute Gasteiger partial charge is 0.497 e. The maximum absolute atomic E-state index is 13.4. The van der Waals surface area contributed by atoms with Gasteiger partial charge in [0.2, 0.25) is 0 Å². The van der Waals surface area contributed by atoms with Crippen LogP contribution in [0.15, 0.2) is 84.9 Å². The number of hydrogen-bond donors (Lipinski definition) is 0. The van der Waals surface area contributed by atoms with E-state index >= 15 is 0 Å². The summed E-state index contributed by atoms with van der Waals surface area (Å²) in [5.74, 6) is 2.40. The molecule has 1 aliphatic rings. The number of carbonyl (C=O) groups is 1. The number of fused-ring (bicyclic) bond motifs is 1. The molecule has 0 atom stereocenters. The Morgan fingerprint density at radius 3 is 2.24 bits per heavy atom. The van der Waals surface area contributed by atoms with E-state index in [0.29, 0.717) is 31.9 Å². The fraction of sp³-hybridized carbons (Fsp3) is 0.258. The van der Waals surface area contributed by atoms with E-state index in [1.165, 1.54) is 5.39 Å². The highest BCUT2D eigenvalue weighted by Gasteiger charge is 2.23. The topological polar surface area (TPSA) is 51.2 Å². The number of rotatable bonds is 8. The van der Waals surface area contributed by atoms with Crippen LogP contribution < -0.4 is 19.1 Å². The van der Waals surface area contributed by atoms with Crippen molar-refractivity contribution in [3.05, 3.63) is 96.1 Å². The Morgan fingerprint density at radius 2 is 1.51 bits per heavy atom. The van der Waals surface area contributed by atoms with Crippen LogP contribution in [-0.4, -0.2) is 50.7 Å². The molecule has 0 unspecified atom stereocenters. The smallest absolute Gasteiger partial charge is 0.253 e. The van der Waals surface area contributed by atoms with E-state index in [4.69, 9.17) is 14.2 Å². The van der Waals surface area contributed by atoms with Gasteiger partial charge >= 0.3 is 0 Å². The van der Waals surface area contributed by atoms with Crippen LogP contribution in [0.4, 0.5) is 5.69 Å². The summed E-state index contributed by atoms with van der Waals surface area (Å²) in [5, 5.41) is 2.30. The van der Waals surface area contributed by atoms with Crippen molar-refractivity contribution in [2.75, 3.05) is 44.8 Å². The van der Waals surface area contributed by atoms with Gasteiger partial charge in [-0.25, -0.2) is 0 Å². The van der Waals surface area contributed by atoms with Crippen molar-refractivity contribution in [2.45, 2.75) is 13.5 Å². The Hall–Kier alpha value is -4.19. The molecule has 37 heavy (non-hydrogen) atoms. The first-order chi connectivity index (χ1) is 18.1. The molecule has 0 radical (unpaired) electrons. The van der Waals surface area contributed by atoms with Gasteiger partial charge < -0.3 is 24.0 Å². The van der Waals surface area contributed by atoms with Crippen LogP contribution in [0.25, 0.3) is 10.8 Å². The second-order valence-corrected chi connectivity index (χ2v) is 9.03. The number of methoxy groups -OCH3 is 1. The molecule has 1 fully saturated rings. The summed E-state index contributed by atoms with van der Waals surface area (Å²) in [6.07, 6.45) is 0. The van der Waals surface area contributed by atoms with Gasteiger partial charge in [-0.1, -0.05) is 30.3 Å². The molecular weight excluding hydrogens is 464 g/mol. The highest BCUT2D eigenvalue weighted by Crippen LogP contribution is 2.26. The van der Waals surface area contributed by atoms with E-state index in [9.17, 15) is 4.79 Å². The molecular formula is C31H32N2O4. The lowest BCUT2D eigenvalue weighted by atomic mass is 10.1. The van der Waals surface area contributed by atoms with Gasteiger partial charge in [0.25, 0.3) is 5.91 Å². The SMILES string of the molecule is CCOc1ccc(C(=O)N2CCN(c3ccc(OC)cc3)CC2)cc1COc1ccc2ccccc2c1. The highest BCUT2D eigenvalue weighted by molar-refractivity contribution is 5.94. The van der Waals surface area contributed by atoms with Gasteiger partial charge in [0.15, 0.2) is 0 Å². The van der Waals surface area contributed by atoms with Crippen LogP contribution in [0, 0.1) is 0 Å². The first kappa shape index (κ1) is 24.5. The molecule has 0 spiro atoms. The third-order valence-corrected chi connectivity index (χ3v) is 6.73. The Labute approximate surface area is 218 Å². The minimum absolute atomic E-state index is 0.0318. The Balaban J connectivity index is 1.26. The van der Waals surface area contributed by atoms with Crippen LogP contribution in [0.5, 0.6) is 17.2 Å². The molecule has 6 nitrogen and oxygen atoms in total. The predicted octanol–water partition coefficient (Wildman–Crippen LogP) is 5.79. The van der Waals surface area contributed by atoms with Crippen molar-refractivity contribution in [3.8, 4) is 17.2 Å². The molecule has 1 aliphatic heterocycles. The number of hydrogen-bond acceptors (Lipinski definition) is 5. The molecule has 5 rings (SSSR count). The van der Waals surface area contributed by atoms with Crippen molar-refractivity contribution in [2.24, 2.45) is 0 Å². The Kier molecular flexibility index (Phi) is 7.45. The van der Waals surface area contributed by atoms with E-state index < -0.39 is 0 Å². The summed E-state index contributed by atoms with van der Waals surface area (Å²) >= 11 is 0. The van der Waals surface area contributed by atoms with E-state index in [2.05, 4.69) is 35.2 Å². The normalized spacial score (nSPS) is 13.5. The number of benzene rings is 4. The maximum atomic E-state index is 13.4. The van der Waals surface area contributed by atoms with E-state index in [0.717, 1.165) is 47.0 Å². The fourth-order valence-corrected chi connectivity index (χ4v) is 4.68. The maximum Gasteiger partial charge on any atom is 0.253 e. The monoisotopic (exact) mass is 496 g/mol. The number of carbonyl (C=O) groups excluding carboxylic acids is 1. The van der Waals surface area contributed by atoms with Gasteiger partial charge in [-0.15, -0.1) is 0 Å². The summed E-state index contributed by atoms with van der Waals surface area (Å²) < 4.78 is 17.2. The molecule has 6 heteroatoms. The molecule has 1 saturated heterocycles. The second kappa shape index (κ2) is 11.2. The number of anilines is 1. The van der Waals surface area contributed by atoms with Crippen LogP contribution in [0.3, 0.4) is 0 Å². The van der Waals surface area contributed by atoms with E-state index in [1.54, 1.807) is 7.11 Å². The Bertz CT molecular complexity index is 1360. The lowest BCUT2D eigenvalue weighted by Gasteiger charge is -2.36. The lowest BCUT2D eigenvalue weighted by Crippen LogP contribution is -2.48. The summed E-state index contributed by atoms with van der Waals surface area (Å²) in [4.78, 5) is 17.6. The molecule has 0 aromatic heterocycles. The molecule has 0 bridgehead atoms. The molecule has 4 aromatic carbocycles. The van der Waals surface area contributed by atoms with Crippen molar-refractivity contribution in [1.82, 2.24) is 4.90 Å². The van der Waals surface area contributed by atoms with Crippen molar-refractivity contribution >= 4 is 22.4 Å². The fourth-order valence-electron chi connectivity index (χ4n) is 4.68. The molecule has 190 valence electrons. The average molecular weight is 497 g/mol. The van der Waals surface area contributed by atoms with Gasteiger partial charge in [-0.05, 0) is 72.3 Å². The third-order valence-electron chi connectivity index (χ3n) is 6.73. The van der Waals surface area contributed by atoms with Crippen LogP contribution >= 0.6 is 0 Å². The molecule has 1 heterocycles. The standard InChI is InChI=1S/C31H32N2O4/c1-3-36-30-15-9-25(20-26(30)22-37-29-12-8-23-6-4-5-7-24(23)21-29)31(34)33-18-16-32(17-19-33)27-10-13-28(35-2)14-11-27/h4-15,20-21H,3,16-19,22H2,1-2H3. The number of amides is 1. The van der Waals surface area contributed by atoms with Crippen molar-refractivity contribution < 1.29 is 19.0 Å². The zero-order chi connectivity index (χ0) is 25.6. The molecule has 0 saturated carbocycles. The van der Waals surface area contributed by atoms with Gasteiger partial charge in [0.1, 0.15) is 23.9 Å². The molecule has 1 amide bonds. The van der Waals surface area contributed by atoms with Gasteiger partial charge in [-0.3, -0.25) is 4.79 Å². The minimum Gasteiger partial charge on any atom is -0.497 e. The second-order valence-electron chi connectivity index (χ2n) is 9.03. The van der Waals surface area contributed by atoms with Crippen LogP contribution in [-0.2, 0) is 6.61 Å². The first-order valence-corrected chi connectivity index (χ1v) is 12.7. The number of piperazine rings is 1. The molecule has 0 aliphatic carbocycles. The first-order valence-electron chi connectivity index (χ1n) is 12.7. The van der Waals surface area contributed by atoms with Gasteiger partial charge in [-0.2, -0.15) is 0 Å². The summed E-state index contributed by atoms with van der Waals surface area (Å²) in [6, 6.07) is 27.9. The quantitative estimate of drug-likeness (QED) is 0.309. The zero-order valence-corrected chi connectivity index (χ0v) is 21.4. The Morgan fingerprint density at radius 1 is 0.784 bits per heavy atom. The predicted molar refractivity (Wildman–Crippen MR) is 147 cm³/mol. The number of ether oxygens (including phenoxy) is 3. The summed E-state index contributed by atoms with van der Waals surface area (Å²) in [5.41, 5.74) is 2.65. The van der Waals surface area contributed by atoms with Gasteiger partial charge in [0, 0.05) is 43.0 Å². The van der Waals surface area contributed by atoms with Crippen LogP contribution in [0.2, 0.25) is 0 Å². The summed E-state index contributed by atoms with van der Waals surface area (Å²) in [6.45, 7) is 5.72. The molecule has 0 N–H and O–H groups in total. The number of nitrogens with zero attached hydrogens (tertiary/aromatic N) is 2. The average Bonchev–Trinajstić information content (AvgIpc) is 2.96. The summed E-state index contributed by atoms with van der Waals surface area (Å²) in [7, 11) is 1.67. The van der Waals surface area contributed by atoms with Gasteiger partial charge in [0.05, 0.1) is 13.7 Å². The molecule has 4 aromatic rings. The third kappa shape index (κ3) is 5.64. The van der Waals surface area contributed by atoms with E-state index in [1.807, 2.05) is 66.4 Å². The van der Waals surface area contributed by atoms with Crippen LogP contribution in [0.1, 0.15) is 22.8 Å². The van der Waals surface area contributed by atoms with Crippen molar-refractivity contribution in [3.63, 3.8) is 0 Å². The zero-order valence-electron chi connectivity index (χ0n) is 21.4. The highest BCUT2D eigenvalue weighted by atomic mass is 16.5. The van der Waals surface area contributed by atoms with Crippen molar-refractivity contribution in [1.29, 1.82) is 0 Å².